The number of fused-ring (bicyclic) bond motifs is 1. The largest absolute Gasteiger partial charge is 0.490 e. The van der Waals surface area contributed by atoms with Gasteiger partial charge in [0, 0.05) is 12.0 Å². The lowest BCUT2D eigenvalue weighted by atomic mass is 9.90. The summed E-state index contributed by atoms with van der Waals surface area (Å²) in [5.74, 6) is 1.71. The Morgan fingerprint density at radius 2 is 2.06 bits per heavy atom. The van der Waals surface area contributed by atoms with E-state index in [1.165, 1.54) is 12.0 Å². The molecule has 1 fully saturated rings. The molecule has 1 unspecified atom stereocenters. The molecule has 2 aliphatic rings. The second-order valence-electron chi connectivity index (χ2n) is 5.17. The lowest BCUT2D eigenvalue weighted by molar-refractivity contribution is 0.296. The van der Waals surface area contributed by atoms with E-state index in [0.717, 1.165) is 48.6 Å². The summed E-state index contributed by atoms with van der Waals surface area (Å²) >= 11 is 3.70. The standard InChI is InChI=1S/C14H18BrNO2/c1-14(6-2-7-16-14)10-4-5-11-13(12(10)15)18-9-3-8-17-11/h4-5,16H,2-3,6-9H2,1H3. The third-order valence-electron chi connectivity index (χ3n) is 3.82. The van der Waals surface area contributed by atoms with Crippen LogP contribution < -0.4 is 14.8 Å². The van der Waals surface area contributed by atoms with Crippen molar-refractivity contribution in [3.63, 3.8) is 0 Å². The van der Waals surface area contributed by atoms with Gasteiger partial charge in [-0.05, 0) is 53.9 Å². The first-order valence-electron chi connectivity index (χ1n) is 6.54. The summed E-state index contributed by atoms with van der Waals surface area (Å²) in [6.07, 6.45) is 3.31. The monoisotopic (exact) mass is 311 g/mol. The minimum atomic E-state index is 0.0452. The molecule has 0 aliphatic carbocycles. The minimum Gasteiger partial charge on any atom is -0.490 e. The zero-order valence-electron chi connectivity index (χ0n) is 10.6. The van der Waals surface area contributed by atoms with Gasteiger partial charge >= 0.3 is 0 Å². The van der Waals surface area contributed by atoms with E-state index in [1.807, 2.05) is 6.07 Å². The average Bonchev–Trinajstić information content (AvgIpc) is 2.65. The maximum absolute atomic E-state index is 5.82. The van der Waals surface area contributed by atoms with E-state index in [2.05, 4.69) is 34.2 Å². The Morgan fingerprint density at radius 3 is 2.83 bits per heavy atom. The van der Waals surface area contributed by atoms with Gasteiger partial charge in [-0.3, -0.25) is 0 Å². The van der Waals surface area contributed by atoms with Gasteiger partial charge in [0.25, 0.3) is 0 Å². The predicted octanol–water partition coefficient (Wildman–Crippen LogP) is 3.21. The molecule has 0 aromatic heterocycles. The number of rotatable bonds is 1. The van der Waals surface area contributed by atoms with Crippen LogP contribution in [0.2, 0.25) is 0 Å². The van der Waals surface area contributed by atoms with Gasteiger partial charge in [0.1, 0.15) is 0 Å². The topological polar surface area (TPSA) is 30.5 Å². The summed E-state index contributed by atoms with van der Waals surface area (Å²) in [6.45, 7) is 4.79. The molecule has 0 amide bonds. The van der Waals surface area contributed by atoms with Crippen molar-refractivity contribution in [2.24, 2.45) is 0 Å². The molecule has 2 heterocycles. The molecule has 1 N–H and O–H groups in total. The highest BCUT2D eigenvalue weighted by Gasteiger charge is 2.33. The van der Waals surface area contributed by atoms with E-state index in [-0.39, 0.29) is 5.54 Å². The van der Waals surface area contributed by atoms with Crippen LogP contribution in [0.1, 0.15) is 31.7 Å². The van der Waals surface area contributed by atoms with Crippen molar-refractivity contribution in [3.8, 4) is 11.5 Å². The van der Waals surface area contributed by atoms with Crippen molar-refractivity contribution in [3.05, 3.63) is 22.2 Å². The van der Waals surface area contributed by atoms with Gasteiger partial charge in [0.05, 0.1) is 17.7 Å². The highest BCUT2D eigenvalue weighted by Crippen LogP contribution is 2.44. The van der Waals surface area contributed by atoms with Crippen LogP contribution in [0.4, 0.5) is 0 Å². The molecule has 2 aliphatic heterocycles. The Labute approximate surface area is 116 Å². The van der Waals surface area contributed by atoms with Gasteiger partial charge in [0.2, 0.25) is 0 Å². The SMILES string of the molecule is CC1(c2ccc3c(c2Br)OCCCO3)CCCN1. The number of hydrogen-bond acceptors (Lipinski definition) is 3. The maximum atomic E-state index is 5.82. The van der Waals surface area contributed by atoms with E-state index in [1.54, 1.807) is 0 Å². The number of benzene rings is 1. The average molecular weight is 312 g/mol. The van der Waals surface area contributed by atoms with E-state index in [4.69, 9.17) is 9.47 Å². The van der Waals surface area contributed by atoms with Gasteiger partial charge in [-0.2, -0.15) is 0 Å². The molecule has 0 saturated carbocycles. The molecule has 1 aromatic rings. The maximum Gasteiger partial charge on any atom is 0.175 e. The van der Waals surface area contributed by atoms with Crippen LogP contribution in [0.15, 0.2) is 16.6 Å². The van der Waals surface area contributed by atoms with Crippen molar-refractivity contribution in [1.82, 2.24) is 5.32 Å². The Kier molecular flexibility index (Phi) is 3.24. The van der Waals surface area contributed by atoms with E-state index in [9.17, 15) is 0 Å². The fourth-order valence-corrected chi connectivity index (χ4v) is 3.63. The Hall–Kier alpha value is -0.740. The lowest BCUT2D eigenvalue weighted by Gasteiger charge is -2.27. The zero-order chi connectivity index (χ0) is 12.6. The highest BCUT2D eigenvalue weighted by atomic mass is 79.9. The van der Waals surface area contributed by atoms with Crippen molar-refractivity contribution < 1.29 is 9.47 Å². The van der Waals surface area contributed by atoms with Gasteiger partial charge in [-0.1, -0.05) is 6.07 Å². The number of hydrogen-bond donors (Lipinski definition) is 1. The van der Waals surface area contributed by atoms with E-state index in [0.29, 0.717) is 0 Å². The third kappa shape index (κ3) is 2.01. The van der Waals surface area contributed by atoms with Crippen LogP contribution in [0.5, 0.6) is 11.5 Å². The molecule has 0 radical (unpaired) electrons. The summed E-state index contributed by atoms with van der Waals surface area (Å²) in [5, 5.41) is 3.59. The molecule has 1 atom stereocenters. The molecule has 18 heavy (non-hydrogen) atoms. The van der Waals surface area contributed by atoms with Crippen LogP contribution in [0, 0.1) is 0 Å². The van der Waals surface area contributed by atoms with Crippen LogP contribution in [0.25, 0.3) is 0 Å². The van der Waals surface area contributed by atoms with Crippen molar-refractivity contribution in [2.75, 3.05) is 19.8 Å². The van der Waals surface area contributed by atoms with Crippen molar-refractivity contribution >= 4 is 15.9 Å². The lowest BCUT2D eigenvalue weighted by Crippen LogP contribution is -2.33. The smallest absolute Gasteiger partial charge is 0.175 e. The molecular weight excluding hydrogens is 294 g/mol. The molecule has 4 heteroatoms. The molecule has 1 saturated heterocycles. The summed E-state index contributed by atoms with van der Waals surface area (Å²) in [4.78, 5) is 0. The molecule has 1 aromatic carbocycles. The fourth-order valence-electron chi connectivity index (χ4n) is 2.75. The first kappa shape index (κ1) is 12.3. The van der Waals surface area contributed by atoms with Crippen molar-refractivity contribution in [2.45, 2.75) is 31.7 Å². The molecule has 3 rings (SSSR count). The third-order valence-corrected chi connectivity index (χ3v) is 4.60. The summed E-state index contributed by atoms with van der Waals surface area (Å²) < 4.78 is 12.6. The second kappa shape index (κ2) is 4.74. The van der Waals surface area contributed by atoms with Crippen molar-refractivity contribution in [1.29, 1.82) is 0 Å². The minimum absolute atomic E-state index is 0.0452. The molecule has 3 nitrogen and oxygen atoms in total. The first-order chi connectivity index (χ1) is 8.71. The Bertz CT molecular complexity index is 455. The predicted molar refractivity (Wildman–Crippen MR) is 74.3 cm³/mol. The Morgan fingerprint density at radius 1 is 1.22 bits per heavy atom. The molecule has 0 spiro atoms. The normalized spacial score (nSPS) is 27.0. The Balaban J connectivity index is 2.04. The van der Waals surface area contributed by atoms with Gasteiger partial charge in [-0.15, -0.1) is 0 Å². The van der Waals surface area contributed by atoms with E-state index < -0.39 is 0 Å². The summed E-state index contributed by atoms with van der Waals surface area (Å²) in [7, 11) is 0. The molecule has 98 valence electrons. The quantitative estimate of drug-likeness (QED) is 0.864. The number of nitrogens with one attached hydrogen (secondary N) is 1. The fraction of sp³-hybridized carbons (Fsp3) is 0.571. The molecule has 0 bridgehead atoms. The summed E-state index contributed by atoms with van der Waals surface area (Å²) in [5.41, 5.74) is 1.31. The molecular formula is C14H18BrNO2. The van der Waals surface area contributed by atoms with Crippen LogP contribution in [-0.2, 0) is 5.54 Å². The van der Waals surface area contributed by atoms with Gasteiger partial charge in [0.15, 0.2) is 11.5 Å². The van der Waals surface area contributed by atoms with Gasteiger partial charge in [-0.25, -0.2) is 0 Å². The van der Waals surface area contributed by atoms with Crippen LogP contribution in [0.3, 0.4) is 0 Å². The summed E-state index contributed by atoms with van der Waals surface area (Å²) in [6, 6.07) is 4.18. The van der Waals surface area contributed by atoms with Crippen LogP contribution in [-0.4, -0.2) is 19.8 Å². The van der Waals surface area contributed by atoms with Crippen LogP contribution >= 0.6 is 15.9 Å². The first-order valence-corrected chi connectivity index (χ1v) is 7.34. The highest BCUT2D eigenvalue weighted by molar-refractivity contribution is 9.10. The van der Waals surface area contributed by atoms with E-state index >= 15 is 0 Å². The second-order valence-corrected chi connectivity index (χ2v) is 5.96. The zero-order valence-corrected chi connectivity index (χ0v) is 12.2. The van der Waals surface area contributed by atoms with Gasteiger partial charge < -0.3 is 14.8 Å². The number of halogens is 1. The number of ether oxygens (including phenoxy) is 2.